The summed E-state index contributed by atoms with van der Waals surface area (Å²) < 4.78 is 37.8. The average molecular weight is 285 g/mol. The third-order valence-corrected chi connectivity index (χ3v) is 3.13. The van der Waals surface area contributed by atoms with Crippen molar-refractivity contribution < 1.29 is 13.2 Å². The second-order valence-electron chi connectivity index (χ2n) is 3.87. The monoisotopic (exact) mass is 285 g/mol. The summed E-state index contributed by atoms with van der Waals surface area (Å²) in [4.78, 5) is 7.79. The van der Waals surface area contributed by atoms with Gasteiger partial charge >= 0.3 is 6.18 Å². The van der Waals surface area contributed by atoms with Crippen molar-refractivity contribution in [3.63, 3.8) is 0 Å². The molecule has 3 nitrogen and oxygen atoms in total. The highest BCUT2D eigenvalue weighted by atomic mass is 32.2. The number of hydrogen-bond acceptors (Lipinski definition) is 4. The van der Waals surface area contributed by atoms with E-state index >= 15 is 0 Å². The van der Waals surface area contributed by atoms with Crippen molar-refractivity contribution in [2.45, 2.75) is 23.0 Å². The molecule has 0 aliphatic rings. The van der Waals surface area contributed by atoms with Gasteiger partial charge in [-0.1, -0.05) is 29.5 Å². The van der Waals surface area contributed by atoms with E-state index in [4.69, 9.17) is 5.73 Å². The Balaban J connectivity index is 2.33. The molecule has 2 aromatic rings. The van der Waals surface area contributed by atoms with Crippen molar-refractivity contribution in [1.29, 1.82) is 0 Å². The average Bonchev–Trinajstić information content (AvgIpc) is 2.26. The maximum absolute atomic E-state index is 12.6. The molecule has 0 fully saturated rings. The molecule has 7 heteroatoms. The molecule has 1 aromatic carbocycles. The Labute approximate surface area is 112 Å². The van der Waals surface area contributed by atoms with E-state index in [-0.39, 0.29) is 11.0 Å². The normalized spacial score (nSPS) is 11.6. The summed E-state index contributed by atoms with van der Waals surface area (Å²) in [5, 5.41) is 0.172. The van der Waals surface area contributed by atoms with Crippen molar-refractivity contribution in [2.75, 3.05) is 5.73 Å². The van der Waals surface area contributed by atoms with Crippen LogP contribution in [0.5, 0.6) is 0 Å². The predicted molar refractivity (Wildman–Crippen MR) is 66.7 cm³/mol. The lowest BCUT2D eigenvalue weighted by Gasteiger charge is -2.08. The second kappa shape index (κ2) is 5.08. The van der Waals surface area contributed by atoms with Crippen LogP contribution in [0.3, 0.4) is 0 Å². The number of nitrogens with zero attached hydrogens (tertiary/aromatic N) is 2. The van der Waals surface area contributed by atoms with Gasteiger partial charge in [-0.3, -0.25) is 0 Å². The number of aryl methyl sites for hydroxylation is 1. The van der Waals surface area contributed by atoms with Crippen LogP contribution in [-0.4, -0.2) is 9.97 Å². The number of alkyl halides is 3. The molecule has 1 heterocycles. The number of hydrogen-bond donors (Lipinski definition) is 1. The fourth-order valence-electron chi connectivity index (χ4n) is 1.44. The van der Waals surface area contributed by atoms with Crippen molar-refractivity contribution >= 4 is 17.7 Å². The molecule has 0 spiro atoms. The molecule has 0 saturated heterocycles. The van der Waals surface area contributed by atoms with E-state index in [1.165, 1.54) is 0 Å². The summed E-state index contributed by atoms with van der Waals surface area (Å²) in [5.41, 5.74) is 5.29. The Kier molecular flexibility index (Phi) is 3.66. The summed E-state index contributed by atoms with van der Waals surface area (Å²) in [5.74, 6) is -0.384. The third kappa shape index (κ3) is 3.60. The summed E-state index contributed by atoms with van der Waals surface area (Å²) >= 11 is 1.12. The second-order valence-corrected chi connectivity index (χ2v) is 4.96. The third-order valence-electron chi connectivity index (χ3n) is 2.22. The van der Waals surface area contributed by atoms with Crippen LogP contribution in [0.4, 0.5) is 19.1 Å². The number of nitrogen functional groups attached to an aromatic ring is 1. The Morgan fingerprint density at radius 1 is 1.16 bits per heavy atom. The molecular weight excluding hydrogens is 275 g/mol. The topological polar surface area (TPSA) is 51.8 Å². The summed E-state index contributed by atoms with van der Waals surface area (Å²) in [6, 6.07) is 8.27. The van der Waals surface area contributed by atoms with Gasteiger partial charge in [0.05, 0.1) is 0 Å². The highest BCUT2D eigenvalue weighted by Crippen LogP contribution is 2.33. The summed E-state index contributed by atoms with van der Waals surface area (Å²) in [7, 11) is 0. The van der Waals surface area contributed by atoms with Gasteiger partial charge in [0.2, 0.25) is 5.95 Å². The van der Waals surface area contributed by atoms with Gasteiger partial charge in [0, 0.05) is 11.0 Å². The van der Waals surface area contributed by atoms with Gasteiger partial charge in [0.1, 0.15) is 5.03 Å². The van der Waals surface area contributed by atoms with Crippen molar-refractivity contribution in [1.82, 2.24) is 9.97 Å². The molecule has 2 rings (SSSR count). The molecule has 0 radical (unpaired) electrons. The Morgan fingerprint density at radius 3 is 2.53 bits per heavy atom. The lowest BCUT2D eigenvalue weighted by Crippen LogP contribution is -2.11. The zero-order valence-electron chi connectivity index (χ0n) is 9.90. The maximum atomic E-state index is 12.6. The first-order valence-corrected chi connectivity index (χ1v) is 6.12. The van der Waals surface area contributed by atoms with Crippen LogP contribution in [0.15, 0.2) is 40.3 Å². The van der Waals surface area contributed by atoms with E-state index in [2.05, 4.69) is 9.97 Å². The molecule has 100 valence electrons. The van der Waals surface area contributed by atoms with E-state index in [1.54, 1.807) is 6.07 Å². The minimum atomic E-state index is -4.53. The number of nitrogens with two attached hydrogens (primary N) is 1. The zero-order chi connectivity index (χ0) is 14.0. The van der Waals surface area contributed by atoms with Gasteiger partial charge < -0.3 is 5.73 Å². The Hall–Kier alpha value is -1.76. The number of halogens is 3. The van der Waals surface area contributed by atoms with Gasteiger partial charge in [-0.05, 0) is 19.1 Å². The summed E-state index contributed by atoms with van der Waals surface area (Å²) in [6.07, 6.45) is -4.53. The van der Waals surface area contributed by atoms with E-state index in [0.717, 1.165) is 28.3 Å². The summed E-state index contributed by atoms with van der Waals surface area (Å²) in [6.45, 7) is 1.90. The number of aromatic nitrogens is 2. The quantitative estimate of drug-likeness (QED) is 0.857. The van der Waals surface area contributed by atoms with Gasteiger partial charge in [-0.2, -0.15) is 13.2 Å². The zero-order valence-corrected chi connectivity index (χ0v) is 10.7. The van der Waals surface area contributed by atoms with Gasteiger partial charge in [0.15, 0.2) is 5.69 Å². The van der Waals surface area contributed by atoms with Crippen molar-refractivity contribution in [2.24, 2.45) is 0 Å². The Bertz CT molecular complexity index is 599. The van der Waals surface area contributed by atoms with E-state index in [1.807, 2.05) is 25.1 Å². The molecule has 1 aromatic heterocycles. The number of benzene rings is 1. The lowest BCUT2D eigenvalue weighted by atomic mass is 10.2. The molecule has 2 N–H and O–H groups in total. The minimum absolute atomic E-state index is 0.172. The minimum Gasteiger partial charge on any atom is -0.368 e. The van der Waals surface area contributed by atoms with Crippen molar-refractivity contribution in [3.8, 4) is 0 Å². The van der Waals surface area contributed by atoms with Gasteiger partial charge in [0.25, 0.3) is 0 Å². The fourth-order valence-corrected chi connectivity index (χ4v) is 2.38. The van der Waals surface area contributed by atoms with Crippen LogP contribution < -0.4 is 5.73 Å². The van der Waals surface area contributed by atoms with Crippen LogP contribution in [0.2, 0.25) is 0 Å². The molecule has 0 saturated carbocycles. The highest BCUT2D eigenvalue weighted by Gasteiger charge is 2.33. The molecule has 0 aliphatic carbocycles. The predicted octanol–water partition coefficient (Wildman–Crippen LogP) is 3.54. The molecule has 0 atom stereocenters. The largest absolute Gasteiger partial charge is 0.433 e. The van der Waals surface area contributed by atoms with Gasteiger partial charge in [-0.15, -0.1) is 0 Å². The molecule has 0 unspecified atom stereocenters. The van der Waals surface area contributed by atoms with Crippen LogP contribution in [0, 0.1) is 6.92 Å². The lowest BCUT2D eigenvalue weighted by molar-refractivity contribution is -0.141. The maximum Gasteiger partial charge on any atom is 0.433 e. The first-order valence-electron chi connectivity index (χ1n) is 5.31. The molecule has 19 heavy (non-hydrogen) atoms. The van der Waals surface area contributed by atoms with Crippen LogP contribution in [0.25, 0.3) is 0 Å². The number of rotatable bonds is 2. The van der Waals surface area contributed by atoms with Crippen molar-refractivity contribution in [3.05, 3.63) is 41.6 Å². The first kappa shape index (κ1) is 13.7. The smallest absolute Gasteiger partial charge is 0.368 e. The molecule has 0 amide bonds. The van der Waals surface area contributed by atoms with Crippen LogP contribution in [0.1, 0.15) is 11.3 Å². The molecule has 0 aliphatic heterocycles. The fraction of sp³-hybridized carbons (Fsp3) is 0.167. The number of anilines is 1. The van der Waals surface area contributed by atoms with Gasteiger partial charge in [-0.25, -0.2) is 9.97 Å². The van der Waals surface area contributed by atoms with Crippen LogP contribution >= 0.6 is 11.8 Å². The van der Waals surface area contributed by atoms with Crippen LogP contribution in [-0.2, 0) is 6.18 Å². The standard InChI is InChI=1S/C12H10F3N3S/c1-7-3-2-4-8(5-7)19-10-6-9(12(13,14)15)17-11(16)18-10/h2-6H,1H3,(H2,16,17,18). The first-order chi connectivity index (χ1) is 8.84. The molecule has 0 bridgehead atoms. The molecular formula is C12H10F3N3S. The van der Waals surface area contributed by atoms with E-state index in [9.17, 15) is 13.2 Å². The van der Waals surface area contributed by atoms with E-state index in [0.29, 0.717) is 0 Å². The van der Waals surface area contributed by atoms with E-state index < -0.39 is 11.9 Å². The SMILES string of the molecule is Cc1cccc(Sc2cc(C(F)(F)F)nc(N)n2)c1. The Morgan fingerprint density at radius 2 is 1.89 bits per heavy atom. The highest BCUT2D eigenvalue weighted by molar-refractivity contribution is 7.99.